The Labute approximate surface area is 232 Å². The lowest BCUT2D eigenvalue weighted by Crippen LogP contribution is -2.38. The van der Waals surface area contributed by atoms with E-state index >= 15 is 0 Å². The summed E-state index contributed by atoms with van der Waals surface area (Å²) in [5.74, 6) is -2.04. The van der Waals surface area contributed by atoms with Gasteiger partial charge in [0.05, 0.1) is 22.6 Å². The van der Waals surface area contributed by atoms with Crippen molar-refractivity contribution >= 4 is 23.3 Å². The molecule has 0 fully saturated rings. The number of alkyl halides is 3. The van der Waals surface area contributed by atoms with Gasteiger partial charge in [0.25, 0.3) is 5.91 Å². The molecule has 0 bridgehead atoms. The number of aromatic nitrogens is 5. The maximum atomic E-state index is 13.5. The van der Waals surface area contributed by atoms with E-state index in [-0.39, 0.29) is 23.4 Å². The highest BCUT2D eigenvalue weighted by molar-refractivity contribution is 6.09. The lowest BCUT2D eigenvalue weighted by molar-refractivity contribution is -0.137. The van der Waals surface area contributed by atoms with Crippen LogP contribution in [0.15, 0.2) is 73.1 Å². The number of aromatic carboxylic acids is 1. The number of carboxylic acid groups (broad SMARTS) is 1. The largest absolute Gasteiger partial charge is 0.477 e. The normalized spacial score (nSPS) is 11.8. The van der Waals surface area contributed by atoms with Crippen LogP contribution in [0.5, 0.6) is 0 Å². The molecule has 2 aromatic carbocycles. The minimum atomic E-state index is -4.55. The lowest BCUT2D eigenvalue weighted by atomic mass is 10.1. The Bertz CT molecular complexity index is 1710. The Hall–Kier alpha value is -5.00. The molecule has 1 amide bonds. The minimum absolute atomic E-state index is 0.0260. The standard InChI is InChI=1S/C29H25F3N6O3/c1-4-23-25(28(40)41)26(37(17(2)3)27(39)19-6-10-20(11-7-19)29(30,31)32)35-38(23)21-12-8-18(9-13-21)22-16-24-33-14-5-15-36(24)34-22/h5-17H,4H2,1-3H3,(H,40,41). The summed E-state index contributed by atoms with van der Waals surface area (Å²) in [6.07, 6.45) is -0.801. The van der Waals surface area contributed by atoms with Crippen LogP contribution in [0.3, 0.4) is 0 Å². The second kappa shape index (κ2) is 10.5. The highest BCUT2D eigenvalue weighted by Crippen LogP contribution is 2.32. The number of halogens is 3. The quantitative estimate of drug-likeness (QED) is 0.264. The first-order valence-corrected chi connectivity index (χ1v) is 12.8. The van der Waals surface area contributed by atoms with Gasteiger partial charge in [-0.25, -0.2) is 19.0 Å². The van der Waals surface area contributed by atoms with Crippen LogP contribution in [0.2, 0.25) is 0 Å². The Balaban J connectivity index is 1.55. The Morgan fingerprint density at radius 1 is 1.02 bits per heavy atom. The minimum Gasteiger partial charge on any atom is -0.477 e. The van der Waals surface area contributed by atoms with E-state index in [1.807, 2.05) is 18.2 Å². The summed E-state index contributed by atoms with van der Waals surface area (Å²) in [6.45, 7) is 5.13. The van der Waals surface area contributed by atoms with E-state index in [2.05, 4.69) is 15.2 Å². The average Bonchev–Trinajstić information content (AvgIpc) is 3.54. The number of anilines is 1. The molecule has 12 heteroatoms. The van der Waals surface area contributed by atoms with Crippen molar-refractivity contribution in [2.45, 2.75) is 39.4 Å². The van der Waals surface area contributed by atoms with Gasteiger partial charge in [-0.2, -0.15) is 18.3 Å². The fraction of sp³-hybridized carbons (Fsp3) is 0.207. The average molecular weight is 563 g/mol. The van der Waals surface area contributed by atoms with Gasteiger partial charge in [-0.1, -0.05) is 19.1 Å². The third-order valence-corrected chi connectivity index (χ3v) is 6.58. The number of nitrogens with zero attached hydrogens (tertiary/aromatic N) is 6. The molecular weight excluding hydrogens is 537 g/mol. The Kier molecular flexibility index (Phi) is 7.08. The fourth-order valence-corrected chi connectivity index (χ4v) is 4.63. The van der Waals surface area contributed by atoms with Crippen molar-refractivity contribution < 1.29 is 27.9 Å². The molecule has 0 unspecified atom stereocenters. The molecule has 0 aliphatic heterocycles. The van der Waals surface area contributed by atoms with Crippen molar-refractivity contribution in [1.82, 2.24) is 24.4 Å². The predicted octanol–water partition coefficient (Wildman–Crippen LogP) is 5.92. The number of benzene rings is 2. The van der Waals surface area contributed by atoms with Crippen molar-refractivity contribution in [1.29, 1.82) is 0 Å². The van der Waals surface area contributed by atoms with Crippen LogP contribution in [0.25, 0.3) is 22.6 Å². The molecule has 5 rings (SSSR count). The maximum Gasteiger partial charge on any atom is 0.416 e. The zero-order chi connectivity index (χ0) is 29.5. The van der Waals surface area contributed by atoms with Crippen molar-refractivity contribution in [3.8, 4) is 16.9 Å². The van der Waals surface area contributed by atoms with E-state index in [0.29, 0.717) is 22.7 Å². The first kappa shape index (κ1) is 27.6. The molecule has 0 saturated carbocycles. The second-order valence-electron chi connectivity index (χ2n) is 9.56. The number of hydrogen-bond donors (Lipinski definition) is 1. The molecule has 0 saturated heterocycles. The maximum absolute atomic E-state index is 13.5. The molecule has 5 aromatic rings. The summed E-state index contributed by atoms with van der Waals surface area (Å²) in [7, 11) is 0. The van der Waals surface area contributed by atoms with Crippen molar-refractivity contribution in [2.75, 3.05) is 4.90 Å². The van der Waals surface area contributed by atoms with Gasteiger partial charge in [0.1, 0.15) is 5.56 Å². The van der Waals surface area contributed by atoms with Crippen LogP contribution >= 0.6 is 0 Å². The summed E-state index contributed by atoms with van der Waals surface area (Å²) < 4.78 is 42.3. The number of hydrogen-bond acceptors (Lipinski definition) is 5. The highest BCUT2D eigenvalue weighted by atomic mass is 19.4. The van der Waals surface area contributed by atoms with Crippen LogP contribution in [-0.2, 0) is 12.6 Å². The predicted molar refractivity (Wildman–Crippen MR) is 145 cm³/mol. The summed E-state index contributed by atoms with van der Waals surface area (Å²) in [6, 6.07) is 14.0. The molecule has 0 aliphatic rings. The van der Waals surface area contributed by atoms with Crippen LogP contribution in [0.4, 0.5) is 19.0 Å². The first-order valence-electron chi connectivity index (χ1n) is 12.8. The molecule has 0 spiro atoms. The third-order valence-electron chi connectivity index (χ3n) is 6.58. The summed E-state index contributed by atoms with van der Waals surface area (Å²) in [5, 5.41) is 19.3. The molecule has 210 valence electrons. The second-order valence-corrected chi connectivity index (χ2v) is 9.56. The molecule has 0 radical (unpaired) electrons. The van der Waals surface area contributed by atoms with E-state index in [4.69, 9.17) is 0 Å². The molecule has 1 N–H and O–H groups in total. The van der Waals surface area contributed by atoms with Crippen LogP contribution in [0, 0.1) is 0 Å². The van der Waals surface area contributed by atoms with Gasteiger partial charge >= 0.3 is 12.1 Å². The van der Waals surface area contributed by atoms with Crippen LogP contribution < -0.4 is 4.90 Å². The SMILES string of the molecule is CCc1c(C(=O)O)c(N(C(=O)c2ccc(C(F)(F)F)cc2)C(C)C)nn1-c1ccc(-c2cc3ncccn3n2)cc1. The van der Waals surface area contributed by atoms with E-state index in [1.54, 1.807) is 55.9 Å². The highest BCUT2D eigenvalue weighted by Gasteiger charge is 2.34. The summed E-state index contributed by atoms with van der Waals surface area (Å²) >= 11 is 0. The van der Waals surface area contributed by atoms with Crippen LogP contribution in [0.1, 0.15) is 52.7 Å². The molecule has 3 aromatic heterocycles. The van der Waals surface area contributed by atoms with Crippen molar-refractivity contribution in [3.05, 3.63) is 95.4 Å². The first-order chi connectivity index (χ1) is 19.5. The zero-order valence-corrected chi connectivity index (χ0v) is 22.3. The van der Waals surface area contributed by atoms with Gasteiger partial charge in [0.15, 0.2) is 11.5 Å². The molecule has 0 atom stereocenters. The lowest BCUT2D eigenvalue weighted by Gasteiger charge is -2.25. The van der Waals surface area contributed by atoms with Crippen molar-refractivity contribution in [3.63, 3.8) is 0 Å². The number of rotatable bonds is 7. The molecule has 0 aliphatic carbocycles. The number of carboxylic acids is 1. The van der Waals surface area contributed by atoms with Gasteiger partial charge in [0.2, 0.25) is 0 Å². The number of carbonyl (C=O) groups excluding carboxylic acids is 1. The third kappa shape index (κ3) is 5.15. The van der Waals surface area contributed by atoms with Gasteiger partial charge in [-0.3, -0.25) is 9.69 Å². The zero-order valence-electron chi connectivity index (χ0n) is 22.3. The fourth-order valence-electron chi connectivity index (χ4n) is 4.63. The van der Waals surface area contributed by atoms with Crippen molar-refractivity contribution in [2.24, 2.45) is 0 Å². The van der Waals surface area contributed by atoms with Gasteiger partial charge in [0, 0.05) is 35.6 Å². The topological polar surface area (TPSA) is 106 Å². The van der Waals surface area contributed by atoms with E-state index in [0.717, 1.165) is 29.8 Å². The van der Waals surface area contributed by atoms with Crippen LogP contribution in [-0.4, -0.2) is 47.4 Å². The van der Waals surface area contributed by atoms with E-state index < -0.39 is 29.7 Å². The van der Waals surface area contributed by atoms with E-state index in [1.165, 1.54) is 9.58 Å². The Morgan fingerprint density at radius 3 is 2.27 bits per heavy atom. The molecular formula is C29H25F3N6O3. The number of fused-ring (bicyclic) bond motifs is 1. The van der Waals surface area contributed by atoms with Gasteiger partial charge in [-0.05, 0) is 62.7 Å². The molecule has 9 nitrogen and oxygen atoms in total. The molecule has 41 heavy (non-hydrogen) atoms. The number of carbonyl (C=O) groups is 2. The number of amides is 1. The van der Waals surface area contributed by atoms with Gasteiger partial charge < -0.3 is 5.11 Å². The van der Waals surface area contributed by atoms with Gasteiger partial charge in [-0.15, -0.1) is 5.10 Å². The summed E-state index contributed by atoms with van der Waals surface area (Å²) in [4.78, 5) is 31.5. The molecule has 3 heterocycles. The monoisotopic (exact) mass is 562 g/mol. The summed E-state index contributed by atoms with van der Waals surface area (Å²) in [5.41, 5.74) is 2.05. The smallest absolute Gasteiger partial charge is 0.416 e. The Morgan fingerprint density at radius 2 is 1.71 bits per heavy atom. The van der Waals surface area contributed by atoms with E-state index in [9.17, 15) is 27.9 Å².